The highest BCUT2D eigenvalue weighted by atomic mass is 35.5. The molecule has 0 spiro atoms. The van der Waals surface area contributed by atoms with E-state index in [1.165, 1.54) is 0 Å². The van der Waals surface area contributed by atoms with E-state index in [1.807, 2.05) is 0 Å². The van der Waals surface area contributed by atoms with Gasteiger partial charge in [-0.1, -0.05) is 0 Å². The second-order valence-electron chi connectivity index (χ2n) is 2.84. The first-order chi connectivity index (χ1) is 5.34. The third kappa shape index (κ3) is 2.70. The summed E-state index contributed by atoms with van der Waals surface area (Å²) in [6.07, 6.45) is 3.80. The Balaban J connectivity index is 2.24. The average Bonchev–Trinajstić information content (AvgIpc) is 2.03. The van der Waals surface area contributed by atoms with Crippen molar-refractivity contribution in [2.45, 2.75) is 25.7 Å². The molecule has 0 aromatic carbocycles. The minimum absolute atomic E-state index is 0.0265. The van der Waals surface area contributed by atoms with Crippen LogP contribution in [-0.2, 0) is 9.53 Å². The zero-order chi connectivity index (χ0) is 8.10. The molecule has 0 aromatic heterocycles. The monoisotopic (exact) mass is 176 g/mol. The Morgan fingerprint density at radius 2 is 2.45 bits per heavy atom. The molecule has 3 heteroatoms. The maximum atomic E-state index is 11.0. The molecule has 1 heterocycles. The third-order valence-corrected chi connectivity index (χ3v) is 2.23. The number of hydrogen-bond acceptors (Lipinski definition) is 2. The molecule has 0 bridgehead atoms. The number of carbonyl (C=O) groups excluding carboxylic acids is 1. The Bertz CT molecular complexity index is 136. The van der Waals surface area contributed by atoms with Gasteiger partial charge in [0.25, 0.3) is 0 Å². The minimum atomic E-state index is -0.0265. The molecule has 0 N–H and O–H groups in total. The first-order valence-corrected chi connectivity index (χ1v) is 4.60. The summed E-state index contributed by atoms with van der Waals surface area (Å²) in [4.78, 5) is 11.0. The van der Waals surface area contributed by atoms with E-state index < -0.39 is 0 Å². The van der Waals surface area contributed by atoms with E-state index in [-0.39, 0.29) is 11.9 Å². The molecule has 0 saturated carbocycles. The number of alkyl halides is 1. The van der Waals surface area contributed by atoms with Gasteiger partial charge < -0.3 is 4.74 Å². The highest BCUT2D eigenvalue weighted by Crippen LogP contribution is 2.20. The summed E-state index contributed by atoms with van der Waals surface area (Å²) in [6, 6.07) is 0. The van der Waals surface area contributed by atoms with Gasteiger partial charge in [-0.3, -0.25) is 4.79 Å². The van der Waals surface area contributed by atoms with E-state index >= 15 is 0 Å². The number of hydrogen-bond donors (Lipinski definition) is 0. The summed E-state index contributed by atoms with van der Waals surface area (Å²) in [7, 11) is 0. The lowest BCUT2D eigenvalue weighted by atomic mass is 9.97. The van der Waals surface area contributed by atoms with Crippen molar-refractivity contribution in [2.24, 2.45) is 5.92 Å². The molecule has 64 valence electrons. The van der Waals surface area contributed by atoms with Crippen LogP contribution in [0.15, 0.2) is 0 Å². The molecule has 1 aliphatic heterocycles. The van der Waals surface area contributed by atoms with E-state index in [2.05, 4.69) is 0 Å². The summed E-state index contributed by atoms with van der Waals surface area (Å²) >= 11 is 5.52. The fourth-order valence-corrected chi connectivity index (χ4v) is 1.48. The van der Waals surface area contributed by atoms with E-state index in [0.717, 1.165) is 25.7 Å². The molecule has 2 nitrogen and oxygen atoms in total. The van der Waals surface area contributed by atoms with E-state index in [1.54, 1.807) is 0 Å². The fraction of sp³-hybridized carbons (Fsp3) is 0.875. The van der Waals surface area contributed by atoms with Crippen LogP contribution < -0.4 is 0 Å². The molecule has 1 rings (SSSR count). The van der Waals surface area contributed by atoms with Crippen LogP contribution in [0.25, 0.3) is 0 Å². The van der Waals surface area contributed by atoms with Crippen molar-refractivity contribution in [2.75, 3.05) is 12.5 Å². The van der Waals surface area contributed by atoms with Gasteiger partial charge in [0.05, 0.1) is 12.5 Å². The second kappa shape index (κ2) is 4.60. The normalized spacial score (nSPS) is 24.8. The maximum Gasteiger partial charge on any atom is 0.308 e. The molecular formula is C8H13ClO2. The van der Waals surface area contributed by atoms with Crippen LogP contribution in [-0.4, -0.2) is 18.5 Å². The highest BCUT2D eigenvalue weighted by molar-refractivity contribution is 6.17. The third-order valence-electron chi connectivity index (χ3n) is 1.96. The van der Waals surface area contributed by atoms with Crippen molar-refractivity contribution < 1.29 is 9.53 Å². The van der Waals surface area contributed by atoms with E-state index in [9.17, 15) is 4.79 Å². The molecule has 0 amide bonds. The van der Waals surface area contributed by atoms with Crippen LogP contribution in [0.5, 0.6) is 0 Å². The summed E-state index contributed by atoms with van der Waals surface area (Å²) in [5.41, 5.74) is 0. The number of ether oxygens (including phenoxy) is 1. The Hall–Kier alpha value is -0.240. The Labute approximate surface area is 71.9 Å². The van der Waals surface area contributed by atoms with Gasteiger partial charge in [-0.25, -0.2) is 0 Å². The van der Waals surface area contributed by atoms with Gasteiger partial charge in [-0.15, -0.1) is 11.6 Å². The van der Waals surface area contributed by atoms with Crippen LogP contribution >= 0.6 is 11.6 Å². The van der Waals surface area contributed by atoms with Crippen molar-refractivity contribution in [3.8, 4) is 0 Å². The van der Waals surface area contributed by atoms with Crippen LogP contribution in [0.3, 0.4) is 0 Å². The average molecular weight is 177 g/mol. The predicted molar refractivity (Wildman–Crippen MR) is 43.6 cm³/mol. The number of esters is 1. The standard InChI is InChI=1S/C8H13ClO2/c9-5-1-3-7-4-2-6-11-8(7)10/h7H,1-6H2. The van der Waals surface area contributed by atoms with Crippen molar-refractivity contribution >= 4 is 17.6 Å². The molecule has 1 unspecified atom stereocenters. The van der Waals surface area contributed by atoms with E-state index in [0.29, 0.717) is 12.5 Å². The topological polar surface area (TPSA) is 26.3 Å². The lowest BCUT2D eigenvalue weighted by Gasteiger charge is -2.19. The number of carbonyl (C=O) groups is 1. The van der Waals surface area contributed by atoms with Crippen molar-refractivity contribution in [1.82, 2.24) is 0 Å². The molecule has 0 aromatic rings. The number of cyclic esters (lactones) is 1. The van der Waals surface area contributed by atoms with Gasteiger partial charge in [-0.05, 0) is 25.7 Å². The molecule has 0 aliphatic carbocycles. The zero-order valence-electron chi connectivity index (χ0n) is 6.51. The van der Waals surface area contributed by atoms with E-state index in [4.69, 9.17) is 16.3 Å². The van der Waals surface area contributed by atoms with Gasteiger partial charge in [0.2, 0.25) is 0 Å². The Kier molecular flexibility index (Phi) is 3.70. The summed E-state index contributed by atoms with van der Waals surface area (Å²) in [5.74, 6) is 0.743. The first kappa shape index (κ1) is 8.85. The largest absolute Gasteiger partial charge is 0.465 e. The maximum absolute atomic E-state index is 11.0. The molecule has 1 fully saturated rings. The molecule has 1 atom stereocenters. The number of rotatable bonds is 3. The van der Waals surface area contributed by atoms with Crippen molar-refractivity contribution in [3.63, 3.8) is 0 Å². The molecule has 1 saturated heterocycles. The highest BCUT2D eigenvalue weighted by Gasteiger charge is 2.22. The fourth-order valence-electron chi connectivity index (χ4n) is 1.32. The second-order valence-corrected chi connectivity index (χ2v) is 3.22. The van der Waals surface area contributed by atoms with Crippen molar-refractivity contribution in [1.29, 1.82) is 0 Å². The SMILES string of the molecule is O=C1OCCCC1CCCCl. The first-order valence-electron chi connectivity index (χ1n) is 4.07. The van der Waals surface area contributed by atoms with Gasteiger partial charge in [0, 0.05) is 5.88 Å². The van der Waals surface area contributed by atoms with Gasteiger partial charge in [0.1, 0.15) is 0 Å². The molecular weight excluding hydrogens is 164 g/mol. The summed E-state index contributed by atoms with van der Waals surface area (Å²) < 4.78 is 4.91. The predicted octanol–water partition coefficient (Wildman–Crippen LogP) is 1.96. The molecule has 11 heavy (non-hydrogen) atoms. The van der Waals surface area contributed by atoms with Gasteiger partial charge >= 0.3 is 5.97 Å². The van der Waals surface area contributed by atoms with Crippen LogP contribution in [0.4, 0.5) is 0 Å². The Morgan fingerprint density at radius 3 is 3.09 bits per heavy atom. The number of halogens is 1. The zero-order valence-corrected chi connectivity index (χ0v) is 7.27. The lowest BCUT2D eigenvalue weighted by molar-refractivity contribution is -0.153. The molecule has 1 aliphatic rings. The van der Waals surface area contributed by atoms with Crippen LogP contribution in [0.2, 0.25) is 0 Å². The summed E-state index contributed by atoms with van der Waals surface area (Å²) in [5, 5.41) is 0. The van der Waals surface area contributed by atoms with Crippen LogP contribution in [0.1, 0.15) is 25.7 Å². The Morgan fingerprint density at radius 1 is 1.64 bits per heavy atom. The summed E-state index contributed by atoms with van der Waals surface area (Å²) in [6.45, 7) is 0.607. The van der Waals surface area contributed by atoms with Gasteiger partial charge in [-0.2, -0.15) is 0 Å². The quantitative estimate of drug-likeness (QED) is 0.486. The van der Waals surface area contributed by atoms with Gasteiger partial charge in [0.15, 0.2) is 0 Å². The minimum Gasteiger partial charge on any atom is -0.465 e. The van der Waals surface area contributed by atoms with Crippen LogP contribution in [0, 0.1) is 5.92 Å². The lowest BCUT2D eigenvalue weighted by Crippen LogP contribution is -2.23. The molecule has 0 radical (unpaired) electrons. The van der Waals surface area contributed by atoms with Crippen molar-refractivity contribution in [3.05, 3.63) is 0 Å². The smallest absolute Gasteiger partial charge is 0.308 e.